The van der Waals surface area contributed by atoms with Gasteiger partial charge < -0.3 is 5.32 Å². The van der Waals surface area contributed by atoms with Gasteiger partial charge in [-0.05, 0) is 36.9 Å². The molecule has 1 aromatic heterocycles. The number of amides is 1. The van der Waals surface area contributed by atoms with E-state index in [2.05, 4.69) is 11.9 Å². The number of carbonyl (C=O) groups excluding carboxylic acids is 2. The van der Waals surface area contributed by atoms with Crippen molar-refractivity contribution in [2.24, 2.45) is 0 Å². The summed E-state index contributed by atoms with van der Waals surface area (Å²) in [6, 6.07) is 10.9. The Morgan fingerprint density at radius 2 is 2.05 bits per heavy atom. The minimum Gasteiger partial charge on any atom is -0.352 e. The second kappa shape index (κ2) is 7.18. The average molecular weight is 313 g/mol. The SMILES string of the molecule is C=C(C)CNC(=O)C(C)c1cccc(C(=O)c2cccs2)c1. The first-order valence-corrected chi connectivity index (χ1v) is 7.97. The Labute approximate surface area is 134 Å². The molecule has 0 radical (unpaired) electrons. The highest BCUT2D eigenvalue weighted by atomic mass is 32.1. The van der Waals surface area contributed by atoms with Crippen LogP contribution in [0.2, 0.25) is 0 Å². The molecule has 4 heteroatoms. The van der Waals surface area contributed by atoms with E-state index in [1.807, 2.05) is 43.5 Å². The number of rotatable bonds is 6. The van der Waals surface area contributed by atoms with E-state index in [9.17, 15) is 9.59 Å². The van der Waals surface area contributed by atoms with Crippen LogP contribution in [0.3, 0.4) is 0 Å². The van der Waals surface area contributed by atoms with Gasteiger partial charge in [0, 0.05) is 12.1 Å². The number of thiophene rings is 1. The largest absolute Gasteiger partial charge is 0.352 e. The van der Waals surface area contributed by atoms with Gasteiger partial charge in [-0.3, -0.25) is 9.59 Å². The summed E-state index contributed by atoms with van der Waals surface area (Å²) in [5.74, 6) is -0.384. The first-order valence-electron chi connectivity index (χ1n) is 7.09. The number of ketones is 1. The summed E-state index contributed by atoms with van der Waals surface area (Å²) in [6.45, 7) is 7.94. The van der Waals surface area contributed by atoms with E-state index in [4.69, 9.17) is 0 Å². The fourth-order valence-corrected chi connectivity index (χ4v) is 2.73. The zero-order valence-electron chi connectivity index (χ0n) is 12.8. The fourth-order valence-electron chi connectivity index (χ4n) is 2.04. The Morgan fingerprint density at radius 3 is 2.68 bits per heavy atom. The van der Waals surface area contributed by atoms with Crippen LogP contribution in [0.4, 0.5) is 0 Å². The predicted octanol–water partition coefficient (Wildman–Crippen LogP) is 3.77. The molecule has 3 nitrogen and oxygen atoms in total. The van der Waals surface area contributed by atoms with Gasteiger partial charge in [0.15, 0.2) is 0 Å². The molecule has 114 valence electrons. The van der Waals surface area contributed by atoms with Crippen LogP contribution >= 0.6 is 11.3 Å². The summed E-state index contributed by atoms with van der Waals surface area (Å²) < 4.78 is 0. The number of benzene rings is 1. The lowest BCUT2D eigenvalue weighted by molar-refractivity contribution is -0.122. The van der Waals surface area contributed by atoms with Crippen molar-refractivity contribution in [1.82, 2.24) is 5.32 Å². The Balaban J connectivity index is 2.15. The van der Waals surface area contributed by atoms with Crippen molar-refractivity contribution < 1.29 is 9.59 Å². The maximum Gasteiger partial charge on any atom is 0.227 e. The highest BCUT2D eigenvalue weighted by Gasteiger charge is 2.17. The third-order valence-electron chi connectivity index (χ3n) is 3.35. The second-order valence-electron chi connectivity index (χ2n) is 5.33. The summed E-state index contributed by atoms with van der Waals surface area (Å²) in [7, 11) is 0. The van der Waals surface area contributed by atoms with E-state index < -0.39 is 0 Å². The Bertz CT molecular complexity index is 689. The maximum absolute atomic E-state index is 12.4. The molecule has 0 saturated carbocycles. The molecule has 22 heavy (non-hydrogen) atoms. The van der Waals surface area contributed by atoms with E-state index in [1.165, 1.54) is 11.3 Å². The Hall–Kier alpha value is -2.20. The molecule has 0 bridgehead atoms. The van der Waals surface area contributed by atoms with Crippen molar-refractivity contribution in [2.45, 2.75) is 19.8 Å². The van der Waals surface area contributed by atoms with Gasteiger partial charge in [-0.2, -0.15) is 0 Å². The Kier molecular flexibility index (Phi) is 5.28. The lowest BCUT2D eigenvalue weighted by Crippen LogP contribution is -2.29. The molecular formula is C18H19NO2S. The van der Waals surface area contributed by atoms with Crippen LogP contribution in [0.1, 0.15) is 40.6 Å². The molecule has 0 aliphatic heterocycles. The van der Waals surface area contributed by atoms with Gasteiger partial charge in [0.2, 0.25) is 11.7 Å². The molecule has 1 atom stereocenters. The van der Waals surface area contributed by atoms with Gasteiger partial charge in [-0.25, -0.2) is 0 Å². The van der Waals surface area contributed by atoms with Crippen molar-refractivity contribution in [1.29, 1.82) is 0 Å². The summed E-state index contributed by atoms with van der Waals surface area (Å²) >= 11 is 1.42. The van der Waals surface area contributed by atoms with E-state index in [0.29, 0.717) is 17.0 Å². The molecular weight excluding hydrogens is 294 g/mol. The van der Waals surface area contributed by atoms with Gasteiger partial charge in [-0.1, -0.05) is 36.4 Å². The molecule has 1 heterocycles. The van der Waals surface area contributed by atoms with Crippen LogP contribution < -0.4 is 5.32 Å². The molecule has 0 aliphatic carbocycles. The molecule has 0 fully saturated rings. The first-order chi connectivity index (χ1) is 10.5. The number of hydrogen-bond acceptors (Lipinski definition) is 3. The minimum absolute atomic E-state index is 0.00797. The highest BCUT2D eigenvalue weighted by molar-refractivity contribution is 7.12. The molecule has 0 aliphatic rings. The smallest absolute Gasteiger partial charge is 0.227 e. The van der Waals surface area contributed by atoms with Gasteiger partial charge >= 0.3 is 0 Å². The molecule has 1 amide bonds. The standard InChI is InChI=1S/C18H19NO2S/c1-12(2)11-19-18(21)13(3)14-6-4-7-15(10-14)17(20)16-8-5-9-22-16/h4-10,13H,1,11H2,2-3H3,(H,19,21). The molecule has 2 rings (SSSR count). The first kappa shape index (κ1) is 16.2. The molecule has 1 unspecified atom stereocenters. The van der Waals surface area contributed by atoms with Crippen molar-refractivity contribution in [3.05, 3.63) is 69.9 Å². The third-order valence-corrected chi connectivity index (χ3v) is 4.22. The molecule has 0 saturated heterocycles. The van der Waals surface area contributed by atoms with E-state index in [1.54, 1.807) is 12.1 Å². The predicted molar refractivity (Wildman–Crippen MR) is 90.4 cm³/mol. The topological polar surface area (TPSA) is 46.2 Å². The summed E-state index contributed by atoms with van der Waals surface area (Å²) in [5.41, 5.74) is 2.35. The van der Waals surface area contributed by atoms with Crippen LogP contribution in [-0.4, -0.2) is 18.2 Å². The summed E-state index contributed by atoms with van der Waals surface area (Å²) in [6.07, 6.45) is 0. The van der Waals surface area contributed by atoms with Crippen LogP contribution in [0.25, 0.3) is 0 Å². The van der Waals surface area contributed by atoms with E-state index in [0.717, 1.165) is 11.1 Å². The molecule has 0 spiro atoms. The van der Waals surface area contributed by atoms with Gasteiger partial charge in [0.05, 0.1) is 10.8 Å². The molecule has 1 aromatic carbocycles. The van der Waals surface area contributed by atoms with E-state index in [-0.39, 0.29) is 17.6 Å². The van der Waals surface area contributed by atoms with Crippen molar-refractivity contribution in [2.75, 3.05) is 6.54 Å². The molecule has 1 N–H and O–H groups in total. The summed E-state index contributed by atoms with van der Waals surface area (Å²) in [4.78, 5) is 25.2. The van der Waals surface area contributed by atoms with Crippen LogP contribution in [-0.2, 0) is 4.79 Å². The van der Waals surface area contributed by atoms with Crippen LogP contribution in [0.5, 0.6) is 0 Å². The van der Waals surface area contributed by atoms with Gasteiger partial charge in [0.25, 0.3) is 0 Å². The molecule has 2 aromatic rings. The highest BCUT2D eigenvalue weighted by Crippen LogP contribution is 2.20. The fraction of sp³-hybridized carbons (Fsp3) is 0.222. The average Bonchev–Trinajstić information content (AvgIpc) is 3.05. The lowest BCUT2D eigenvalue weighted by Gasteiger charge is -2.13. The number of hydrogen-bond donors (Lipinski definition) is 1. The Morgan fingerprint density at radius 1 is 1.27 bits per heavy atom. The second-order valence-corrected chi connectivity index (χ2v) is 6.28. The van der Waals surface area contributed by atoms with Gasteiger partial charge in [-0.15, -0.1) is 11.3 Å². The van der Waals surface area contributed by atoms with Crippen molar-refractivity contribution in [3.63, 3.8) is 0 Å². The van der Waals surface area contributed by atoms with Crippen LogP contribution in [0.15, 0.2) is 53.9 Å². The van der Waals surface area contributed by atoms with Crippen LogP contribution in [0, 0.1) is 0 Å². The van der Waals surface area contributed by atoms with Gasteiger partial charge in [0.1, 0.15) is 0 Å². The quantitative estimate of drug-likeness (QED) is 0.652. The van der Waals surface area contributed by atoms with Crippen molar-refractivity contribution in [3.8, 4) is 0 Å². The summed E-state index contributed by atoms with van der Waals surface area (Å²) in [5, 5.41) is 4.71. The zero-order valence-corrected chi connectivity index (χ0v) is 13.6. The monoisotopic (exact) mass is 313 g/mol. The minimum atomic E-state index is -0.310. The maximum atomic E-state index is 12.4. The number of nitrogens with one attached hydrogen (secondary N) is 1. The van der Waals surface area contributed by atoms with Crippen molar-refractivity contribution >= 4 is 23.0 Å². The number of carbonyl (C=O) groups is 2. The lowest BCUT2D eigenvalue weighted by atomic mass is 9.96. The van der Waals surface area contributed by atoms with E-state index >= 15 is 0 Å². The zero-order chi connectivity index (χ0) is 16.1. The normalized spacial score (nSPS) is 11.7. The third kappa shape index (κ3) is 3.92.